The van der Waals surface area contributed by atoms with Crippen molar-refractivity contribution in [3.8, 4) is 0 Å². The van der Waals surface area contributed by atoms with Crippen LogP contribution in [0.2, 0.25) is 6.04 Å². The van der Waals surface area contributed by atoms with Crippen molar-refractivity contribution >= 4 is 8.80 Å². The van der Waals surface area contributed by atoms with E-state index in [0.29, 0.717) is 32.5 Å². The molecule has 0 radical (unpaired) electrons. The van der Waals surface area contributed by atoms with Crippen LogP contribution in [0.3, 0.4) is 0 Å². The molecule has 18 heavy (non-hydrogen) atoms. The highest BCUT2D eigenvalue weighted by molar-refractivity contribution is 6.60. The molecule has 1 unspecified atom stereocenters. The van der Waals surface area contributed by atoms with Crippen LogP contribution in [-0.4, -0.2) is 69.3 Å². The Morgan fingerprint density at radius 1 is 1.00 bits per heavy atom. The molecule has 0 aromatic heterocycles. The number of hydrogen-bond donors (Lipinski definition) is 0. The summed E-state index contributed by atoms with van der Waals surface area (Å²) >= 11 is 0. The topological polar surface area (TPSA) is 58.7 Å². The summed E-state index contributed by atoms with van der Waals surface area (Å²) in [7, 11) is 2.43. The Kier molecular flexibility index (Phi) is 7.99. The number of hydrogen-bond acceptors (Lipinski definition) is 6. The molecule has 1 atom stereocenters. The van der Waals surface area contributed by atoms with Gasteiger partial charge in [-0.05, 0) is 6.42 Å². The van der Waals surface area contributed by atoms with Gasteiger partial charge in [0, 0.05) is 34.0 Å². The highest BCUT2D eigenvalue weighted by Crippen LogP contribution is 2.14. The van der Waals surface area contributed by atoms with Crippen LogP contribution in [0.1, 0.15) is 6.42 Å². The molecule has 1 aliphatic heterocycles. The number of rotatable bonds is 12. The first-order valence-electron chi connectivity index (χ1n) is 6.19. The molecule has 0 aromatic rings. The average Bonchev–Trinajstić information content (AvgIpc) is 3.22. The van der Waals surface area contributed by atoms with E-state index in [9.17, 15) is 0 Å². The minimum Gasteiger partial charge on any atom is -0.379 e. The summed E-state index contributed by atoms with van der Waals surface area (Å²) < 4.78 is 31.8. The van der Waals surface area contributed by atoms with Gasteiger partial charge in [-0.15, -0.1) is 0 Å². The van der Waals surface area contributed by atoms with Crippen LogP contribution in [0.15, 0.2) is 0 Å². The second-order valence-electron chi connectivity index (χ2n) is 4.04. The Morgan fingerprint density at radius 3 is 2.17 bits per heavy atom. The smallest absolute Gasteiger partial charge is 0.379 e. The molecule has 1 aliphatic rings. The Morgan fingerprint density at radius 2 is 1.61 bits per heavy atom. The van der Waals surface area contributed by atoms with Crippen molar-refractivity contribution in [3.63, 3.8) is 0 Å². The minimum absolute atomic E-state index is 0.321. The van der Waals surface area contributed by atoms with Gasteiger partial charge >= 0.3 is 8.80 Å². The lowest BCUT2D eigenvalue weighted by Gasteiger charge is -2.24. The lowest BCUT2D eigenvalue weighted by Crippen LogP contribution is -2.42. The number of ether oxygens (including phenoxy) is 3. The van der Waals surface area contributed by atoms with Gasteiger partial charge in [0.25, 0.3) is 0 Å². The maximum atomic E-state index is 5.45. The van der Waals surface area contributed by atoms with Crippen molar-refractivity contribution in [2.45, 2.75) is 18.6 Å². The van der Waals surface area contributed by atoms with Gasteiger partial charge in [-0.1, -0.05) is 0 Å². The first kappa shape index (κ1) is 16.0. The van der Waals surface area contributed by atoms with E-state index >= 15 is 0 Å². The minimum atomic E-state index is -2.43. The SMILES string of the molecule is CO[Si](CCCOCCOCC1CO1)(OC)OC. The summed E-state index contributed by atoms with van der Waals surface area (Å²) in [6, 6.07) is 0.757. The van der Waals surface area contributed by atoms with Crippen molar-refractivity contribution in [3.05, 3.63) is 0 Å². The van der Waals surface area contributed by atoms with Crippen molar-refractivity contribution < 1.29 is 27.5 Å². The summed E-state index contributed by atoms with van der Waals surface area (Å²) in [5.74, 6) is 0. The van der Waals surface area contributed by atoms with E-state index in [4.69, 9.17) is 27.5 Å². The molecule has 0 aliphatic carbocycles. The Hall–Kier alpha value is -0.0231. The fourth-order valence-corrected chi connectivity index (χ4v) is 3.24. The molecule has 7 heteroatoms. The Labute approximate surface area is 110 Å². The van der Waals surface area contributed by atoms with E-state index in [1.54, 1.807) is 21.3 Å². The summed E-state index contributed by atoms with van der Waals surface area (Å²) in [6.07, 6.45) is 1.18. The summed E-state index contributed by atoms with van der Waals surface area (Å²) in [6.45, 7) is 3.39. The molecule has 1 saturated heterocycles. The molecule has 1 heterocycles. The van der Waals surface area contributed by atoms with E-state index < -0.39 is 8.80 Å². The normalized spacial score (nSPS) is 19.2. The second kappa shape index (κ2) is 8.97. The molecule has 0 aromatic carbocycles. The lowest BCUT2D eigenvalue weighted by atomic mass is 10.5. The van der Waals surface area contributed by atoms with Gasteiger partial charge < -0.3 is 27.5 Å². The zero-order valence-electron chi connectivity index (χ0n) is 11.5. The third kappa shape index (κ3) is 6.23. The van der Waals surface area contributed by atoms with E-state index in [-0.39, 0.29) is 0 Å². The monoisotopic (exact) mass is 280 g/mol. The molecule has 1 fully saturated rings. The van der Waals surface area contributed by atoms with Gasteiger partial charge in [0.2, 0.25) is 0 Å². The Balaban J connectivity index is 1.89. The van der Waals surface area contributed by atoms with E-state index in [2.05, 4.69) is 0 Å². The van der Waals surface area contributed by atoms with Crippen molar-refractivity contribution in [2.24, 2.45) is 0 Å². The van der Waals surface area contributed by atoms with Gasteiger partial charge in [-0.3, -0.25) is 0 Å². The fourth-order valence-electron chi connectivity index (χ4n) is 1.55. The first-order chi connectivity index (χ1) is 8.76. The fraction of sp³-hybridized carbons (Fsp3) is 1.00. The van der Waals surface area contributed by atoms with E-state index in [1.807, 2.05) is 0 Å². The zero-order chi connectivity index (χ0) is 13.3. The van der Waals surface area contributed by atoms with Gasteiger partial charge in [0.05, 0.1) is 26.4 Å². The maximum Gasteiger partial charge on any atom is 0.500 e. The number of epoxide rings is 1. The van der Waals surface area contributed by atoms with Crippen molar-refractivity contribution in [2.75, 3.05) is 54.4 Å². The van der Waals surface area contributed by atoms with Crippen LogP contribution in [0, 0.1) is 0 Å². The first-order valence-corrected chi connectivity index (χ1v) is 8.12. The molecule has 108 valence electrons. The second-order valence-corrected chi connectivity index (χ2v) is 7.13. The third-order valence-corrected chi connectivity index (χ3v) is 5.61. The highest BCUT2D eigenvalue weighted by atomic mass is 28.4. The molecule has 0 N–H and O–H groups in total. The van der Waals surface area contributed by atoms with Gasteiger partial charge in [-0.25, -0.2) is 0 Å². The van der Waals surface area contributed by atoms with Gasteiger partial charge in [-0.2, -0.15) is 0 Å². The van der Waals surface area contributed by atoms with Crippen molar-refractivity contribution in [1.82, 2.24) is 0 Å². The zero-order valence-corrected chi connectivity index (χ0v) is 12.5. The van der Waals surface area contributed by atoms with Crippen LogP contribution in [-0.2, 0) is 27.5 Å². The molecular weight excluding hydrogens is 256 g/mol. The van der Waals surface area contributed by atoms with Crippen molar-refractivity contribution in [1.29, 1.82) is 0 Å². The highest BCUT2D eigenvalue weighted by Gasteiger charge is 2.36. The van der Waals surface area contributed by atoms with Gasteiger partial charge in [0.1, 0.15) is 6.10 Å². The predicted octanol–water partition coefficient (Wildman–Crippen LogP) is 0.687. The van der Waals surface area contributed by atoms with E-state index in [0.717, 1.165) is 19.1 Å². The lowest BCUT2D eigenvalue weighted by molar-refractivity contribution is 0.0402. The molecular formula is C11H24O6Si. The van der Waals surface area contributed by atoms with Crippen LogP contribution in [0.4, 0.5) is 0 Å². The molecule has 0 saturated carbocycles. The van der Waals surface area contributed by atoms with Crippen LogP contribution < -0.4 is 0 Å². The van der Waals surface area contributed by atoms with E-state index in [1.165, 1.54) is 0 Å². The predicted molar refractivity (Wildman–Crippen MR) is 67.6 cm³/mol. The maximum absolute atomic E-state index is 5.45. The Bertz CT molecular complexity index is 199. The third-order valence-electron chi connectivity index (χ3n) is 2.78. The molecule has 6 nitrogen and oxygen atoms in total. The molecule has 1 rings (SSSR count). The average molecular weight is 280 g/mol. The molecule has 0 bridgehead atoms. The van der Waals surface area contributed by atoms with Crippen LogP contribution in [0.5, 0.6) is 0 Å². The summed E-state index contributed by atoms with van der Waals surface area (Å²) in [4.78, 5) is 0. The molecule has 0 spiro atoms. The summed E-state index contributed by atoms with van der Waals surface area (Å²) in [5, 5.41) is 0. The largest absolute Gasteiger partial charge is 0.500 e. The quantitative estimate of drug-likeness (QED) is 0.298. The van der Waals surface area contributed by atoms with Crippen LogP contribution >= 0.6 is 0 Å². The molecule has 0 amide bonds. The van der Waals surface area contributed by atoms with Crippen LogP contribution in [0.25, 0.3) is 0 Å². The summed E-state index contributed by atoms with van der Waals surface area (Å²) in [5.41, 5.74) is 0. The van der Waals surface area contributed by atoms with Gasteiger partial charge in [0.15, 0.2) is 0 Å². The standard InChI is InChI=1S/C11H24O6Si/c1-12-18(13-2,14-3)8-4-5-15-6-7-16-9-11-10-17-11/h11H,4-10H2,1-3H3.